The molecule has 2 saturated heterocycles. The summed E-state index contributed by atoms with van der Waals surface area (Å²) in [5.41, 5.74) is 0.933. The van der Waals surface area contributed by atoms with E-state index in [0.29, 0.717) is 31.7 Å². The zero-order valence-electron chi connectivity index (χ0n) is 18.8. The zero-order valence-corrected chi connectivity index (χ0v) is 20.4. The first-order valence-electron chi connectivity index (χ1n) is 11.8. The van der Waals surface area contributed by atoms with Crippen LogP contribution >= 0.6 is 23.5 Å². The topological polar surface area (TPSA) is 63.7 Å². The first kappa shape index (κ1) is 23.7. The van der Waals surface area contributed by atoms with E-state index in [4.69, 9.17) is 4.74 Å². The minimum Gasteiger partial charge on any atom is -0.445 e. The Kier molecular flexibility index (Phi) is 7.87. The lowest BCUT2D eigenvalue weighted by molar-refractivity contribution is -0.125. The van der Waals surface area contributed by atoms with Gasteiger partial charge in [-0.1, -0.05) is 50.1 Å². The third-order valence-corrected chi connectivity index (χ3v) is 10.6. The van der Waals surface area contributed by atoms with Crippen molar-refractivity contribution < 1.29 is 19.1 Å². The molecule has 1 aliphatic carbocycles. The van der Waals surface area contributed by atoms with Crippen molar-refractivity contribution in [3.8, 4) is 0 Å². The predicted octanol–water partition coefficient (Wildman–Crippen LogP) is 5.32. The number of nitrogens with zero attached hydrogens (tertiary/aromatic N) is 1. The number of benzene rings is 1. The summed E-state index contributed by atoms with van der Waals surface area (Å²) in [5, 5.41) is 0. The molecule has 2 aliphatic heterocycles. The Balaban J connectivity index is 1.42. The van der Waals surface area contributed by atoms with Crippen LogP contribution in [0.5, 0.6) is 0 Å². The molecule has 174 valence electrons. The van der Waals surface area contributed by atoms with Crippen LogP contribution in [0.4, 0.5) is 4.79 Å². The third kappa shape index (κ3) is 5.36. The van der Waals surface area contributed by atoms with Gasteiger partial charge in [0.05, 0.1) is 6.04 Å². The van der Waals surface area contributed by atoms with E-state index in [1.807, 2.05) is 37.3 Å². The van der Waals surface area contributed by atoms with E-state index in [2.05, 4.69) is 0 Å². The number of rotatable bonds is 10. The van der Waals surface area contributed by atoms with Gasteiger partial charge in [-0.25, -0.2) is 4.79 Å². The van der Waals surface area contributed by atoms with Crippen molar-refractivity contribution >= 4 is 41.2 Å². The van der Waals surface area contributed by atoms with Gasteiger partial charge < -0.3 is 4.74 Å². The molecule has 1 amide bonds. The Morgan fingerprint density at radius 2 is 1.84 bits per heavy atom. The highest BCUT2D eigenvalue weighted by molar-refractivity contribution is 8.22. The molecule has 3 fully saturated rings. The van der Waals surface area contributed by atoms with Crippen molar-refractivity contribution in [2.75, 3.05) is 18.1 Å². The highest BCUT2D eigenvalue weighted by atomic mass is 32.2. The minimum atomic E-state index is -0.482. The summed E-state index contributed by atoms with van der Waals surface area (Å²) in [7, 11) is 0. The van der Waals surface area contributed by atoms with Crippen LogP contribution in [0.2, 0.25) is 0 Å². The summed E-state index contributed by atoms with van der Waals surface area (Å²) >= 11 is 3.51. The largest absolute Gasteiger partial charge is 0.445 e. The average Bonchev–Trinajstić information content (AvgIpc) is 3.29. The molecule has 1 saturated carbocycles. The van der Waals surface area contributed by atoms with Gasteiger partial charge in [0.15, 0.2) is 11.6 Å². The zero-order chi connectivity index (χ0) is 22.6. The van der Waals surface area contributed by atoms with E-state index in [0.717, 1.165) is 29.9 Å². The summed E-state index contributed by atoms with van der Waals surface area (Å²) in [6.07, 6.45) is 5.34. The van der Waals surface area contributed by atoms with Crippen LogP contribution in [0.25, 0.3) is 0 Å². The van der Waals surface area contributed by atoms with Gasteiger partial charge >= 0.3 is 6.09 Å². The quantitative estimate of drug-likeness (QED) is 0.456. The van der Waals surface area contributed by atoms with Crippen LogP contribution in [-0.2, 0) is 20.9 Å². The maximum absolute atomic E-state index is 13.5. The molecule has 0 N–H and O–H groups in total. The highest BCUT2D eigenvalue weighted by Crippen LogP contribution is 2.55. The van der Waals surface area contributed by atoms with Gasteiger partial charge in [0, 0.05) is 30.9 Å². The number of likely N-dealkylation sites (tertiary alicyclic amines) is 1. The number of thioether (sulfide) groups is 2. The molecule has 32 heavy (non-hydrogen) atoms. The van der Waals surface area contributed by atoms with E-state index >= 15 is 0 Å². The van der Waals surface area contributed by atoms with Crippen LogP contribution in [0.15, 0.2) is 30.3 Å². The number of ether oxygens (including phenoxy) is 1. The van der Waals surface area contributed by atoms with Gasteiger partial charge in [0.1, 0.15) is 10.7 Å². The van der Waals surface area contributed by atoms with E-state index in [-0.39, 0.29) is 24.1 Å². The first-order chi connectivity index (χ1) is 15.5. The number of hydrogen-bond acceptors (Lipinski definition) is 6. The van der Waals surface area contributed by atoms with Gasteiger partial charge in [-0.05, 0) is 36.7 Å². The molecule has 1 aromatic rings. The van der Waals surface area contributed by atoms with Crippen LogP contribution in [0, 0.1) is 11.8 Å². The van der Waals surface area contributed by atoms with Crippen molar-refractivity contribution in [1.29, 1.82) is 0 Å². The molecule has 1 aromatic carbocycles. The number of carbonyl (C=O) groups excluding carboxylic acids is 3. The molecule has 3 aliphatic rings. The second-order valence-electron chi connectivity index (χ2n) is 9.08. The Morgan fingerprint density at radius 1 is 1.12 bits per heavy atom. The first-order valence-corrected chi connectivity index (χ1v) is 13.8. The second-order valence-corrected chi connectivity index (χ2v) is 12.0. The minimum absolute atomic E-state index is 0.0511. The van der Waals surface area contributed by atoms with Gasteiger partial charge in [0.25, 0.3) is 0 Å². The lowest BCUT2D eigenvalue weighted by Gasteiger charge is -2.35. The van der Waals surface area contributed by atoms with E-state index < -0.39 is 16.2 Å². The van der Waals surface area contributed by atoms with E-state index in [9.17, 15) is 14.4 Å². The Morgan fingerprint density at radius 3 is 2.50 bits per heavy atom. The fourth-order valence-corrected chi connectivity index (χ4v) is 8.48. The Bertz CT molecular complexity index is 820. The lowest BCUT2D eigenvalue weighted by Crippen LogP contribution is -2.44. The third-order valence-electron chi connectivity index (χ3n) is 6.79. The molecule has 0 aromatic heterocycles. The predicted molar refractivity (Wildman–Crippen MR) is 130 cm³/mol. The maximum atomic E-state index is 13.5. The van der Waals surface area contributed by atoms with Crippen molar-refractivity contribution in [2.24, 2.45) is 11.8 Å². The number of Topliss-reactive ketones (excluding diaryl/α,β-unsaturated/α-hetero) is 2. The van der Waals surface area contributed by atoms with Gasteiger partial charge in [0.2, 0.25) is 0 Å². The fraction of sp³-hybridized carbons (Fsp3) is 0.640. The number of carbonyl (C=O) groups is 3. The van der Waals surface area contributed by atoms with Crippen LogP contribution in [0.1, 0.15) is 57.4 Å². The Labute approximate surface area is 199 Å². The monoisotopic (exact) mass is 475 g/mol. The molecular formula is C25H33NO4S2. The summed E-state index contributed by atoms with van der Waals surface area (Å²) < 4.78 is 5.04. The molecule has 4 rings (SSSR count). The molecule has 0 bridgehead atoms. The Hall–Kier alpha value is -1.47. The normalized spacial score (nSPS) is 23.2. The summed E-state index contributed by atoms with van der Waals surface area (Å²) in [6.45, 7) is 2.70. The molecule has 5 nitrogen and oxygen atoms in total. The van der Waals surface area contributed by atoms with E-state index in [1.165, 1.54) is 12.8 Å². The molecule has 0 radical (unpaired) electrons. The highest BCUT2D eigenvalue weighted by Gasteiger charge is 2.51. The molecule has 0 unspecified atom stereocenters. The molecule has 2 heterocycles. The summed E-state index contributed by atoms with van der Waals surface area (Å²) in [6, 6.07) is 9.17. The summed E-state index contributed by atoms with van der Waals surface area (Å²) in [4.78, 5) is 40.9. The van der Waals surface area contributed by atoms with Gasteiger partial charge in [-0.2, -0.15) is 0 Å². The standard InChI is InChI=1S/C25H33NO4S2/c1-2-23(28)25(31-13-14-32-25)20(15-18-10-11-18)16-22(27)21-9-6-12-26(21)24(29)30-17-19-7-4-3-5-8-19/h3-5,7-8,18,20-21H,2,6,9-17H2,1H3/t20-,21+/m1/s1. The van der Waals surface area contributed by atoms with Crippen molar-refractivity contribution in [2.45, 2.75) is 68.6 Å². The van der Waals surface area contributed by atoms with Crippen molar-refractivity contribution in [3.63, 3.8) is 0 Å². The molecule has 7 heteroatoms. The number of ketones is 2. The number of amides is 1. The van der Waals surface area contributed by atoms with Crippen LogP contribution < -0.4 is 0 Å². The molecular weight excluding hydrogens is 442 g/mol. The fourth-order valence-electron chi connectivity index (χ4n) is 4.93. The lowest BCUT2D eigenvalue weighted by atomic mass is 9.87. The molecule has 0 spiro atoms. The number of hydrogen-bond donors (Lipinski definition) is 0. The van der Waals surface area contributed by atoms with Crippen molar-refractivity contribution in [1.82, 2.24) is 4.90 Å². The van der Waals surface area contributed by atoms with E-state index in [1.54, 1.807) is 28.4 Å². The second kappa shape index (κ2) is 10.6. The van der Waals surface area contributed by atoms with Crippen molar-refractivity contribution in [3.05, 3.63) is 35.9 Å². The van der Waals surface area contributed by atoms with Crippen LogP contribution in [0.3, 0.4) is 0 Å². The van der Waals surface area contributed by atoms with Gasteiger partial charge in [-0.15, -0.1) is 23.5 Å². The molecule has 2 atom stereocenters. The smallest absolute Gasteiger partial charge is 0.410 e. The summed E-state index contributed by atoms with van der Waals surface area (Å²) in [5.74, 6) is 3.00. The SMILES string of the molecule is CCC(=O)C1([C@@H](CC(=O)[C@@H]2CCCN2C(=O)OCc2ccccc2)CC2CC2)SCCS1. The average molecular weight is 476 g/mol. The van der Waals surface area contributed by atoms with Crippen LogP contribution in [-0.4, -0.2) is 50.7 Å². The van der Waals surface area contributed by atoms with Gasteiger partial charge in [-0.3, -0.25) is 14.5 Å². The maximum Gasteiger partial charge on any atom is 0.410 e.